The van der Waals surface area contributed by atoms with Crippen LogP contribution in [0.4, 0.5) is 4.79 Å². The van der Waals surface area contributed by atoms with E-state index in [2.05, 4.69) is 5.32 Å². The minimum atomic E-state index is -1.65. The van der Waals surface area contributed by atoms with Crippen LogP contribution in [0.5, 0.6) is 0 Å². The van der Waals surface area contributed by atoms with Gasteiger partial charge in [-0.2, -0.15) is 0 Å². The lowest BCUT2D eigenvalue weighted by atomic mass is 9.79. The number of rotatable bonds is 3. The Bertz CT molecular complexity index is 658. The first-order valence-corrected chi connectivity index (χ1v) is 8.68. The molecule has 25 heavy (non-hydrogen) atoms. The summed E-state index contributed by atoms with van der Waals surface area (Å²) in [5, 5.41) is 12.9. The monoisotopic (exact) mass is 345 g/mol. The molecular weight excluding hydrogens is 322 g/mol. The van der Waals surface area contributed by atoms with E-state index in [0.717, 1.165) is 4.90 Å². The summed E-state index contributed by atoms with van der Waals surface area (Å²) in [5.74, 6) is -0.802. The molecule has 2 amide bonds. The standard InChI is InChI=1S/C18H23N3O4/c22-15(14-6-2-1-3-7-14)18(8-4-5-11-21(18)17(24)25)16(23)20-12-9-19-10-13-20/h1-3,6-7,19H,4-5,8-13H2,(H,24,25). The summed E-state index contributed by atoms with van der Waals surface area (Å²) in [6.45, 7) is 2.46. The van der Waals surface area contributed by atoms with Crippen molar-refractivity contribution in [2.45, 2.75) is 24.8 Å². The number of benzene rings is 1. The van der Waals surface area contributed by atoms with Gasteiger partial charge in [0.2, 0.25) is 0 Å². The van der Waals surface area contributed by atoms with Gasteiger partial charge in [-0.1, -0.05) is 30.3 Å². The topological polar surface area (TPSA) is 90.0 Å². The van der Waals surface area contributed by atoms with E-state index in [1.54, 1.807) is 35.2 Å². The number of carboxylic acid groups (broad SMARTS) is 1. The van der Waals surface area contributed by atoms with Gasteiger partial charge < -0.3 is 15.3 Å². The maximum atomic E-state index is 13.4. The summed E-state index contributed by atoms with van der Waals surface area (Å²) in [6.07, 6.45) is 0.327. The number of ketones is 1. The van der Waals surface area contributed by atoms with Crippen molar-refractivity contribution in [2.24, 2.45) is 0 Å². The zero-order chi connectivity index (χ0) is 17.9. The van der Waals surface area contributed by atoms with Crippen LogP contribution in [-0.4, -0.2) is 71.0 Å². The number of hydrogen-bond acceptors (Lipinski definition) is 4. The molecule has 2 fully saturated rings. The zero-order valence-corrected chi connectivity index (χ0v) is 14.1. The fourth-order valence-electron chi connectivity index (χ4n) is 3.75. The zero-order valence-electron chi connectivity index (χ0n) is 14.1. The van der Waals surface area contributed by atoms with Gasteiger partial charge in [0.1, 0.15) is 0 Å². The van der Waals surface area contributed by atoms with Gasteiger partial charge >= 0.3 is 6.09 Å². The number of piperazine rings is 1. The molecule has 2 aliphatic rings. The van der Waals surface area contributed by atoms with E-state index in [4.69, 9.17) is 0 Å². The third kappa shape index (κ3) is 3.11. The van der Waals surface area contributed by atoms with Crippen LogP contribution in [0.2, 0.25) is 0 Å². The number of Topliss-reactive ketones (excluding diaryl/α,β-unsaturated/α-hetero) is 1. The van der Waals surface area contributed by atoms with Crippen LogP contribution in [0, 0.1) is 0 Å². The number of nitrogens with one attached hydrogen (secondary N) is 1. The molecule has 1 unspecified atom stereocenters. The highest BCUT2D eigenvalue weighted by Gasteiger charge is 2.55. The van der Waals surface area contributed by atoms with Crippen molar-refractivity contribution in [3.63, 3.8) is 0 Å². The molecule has 2 aliphatic heterocycles. The minimum Gasteiger partial charge on any atom is -0.465 e. The van der Waals surface area contributed by atoms with E-state index in [9.17, 15) is 19.5 Å². The maximum Gasteiger partial charge on any atom is 0.408 e. The summed E-state index contributed by atoms with van der Waals surface area (Å²) in [6, 6.07) is 8.53. The summed E-state index contributed by atoms with van der Waals surface area (Å²) < 4.78 is 0. The fourth-order valence-corrected chi connectivity index (χ4v) is 3.75. The molecule has 7 nitrogen and oxygen atoms in total. The second-order valence-electron chi connectivity index (χ2n) is 6.49. The average Bonchev–Trinajstić information content (AvgIpc) is 2.68. The van der Waals surface area contributed by atoms with Crippen LogP contribution in [0.25, 0.3) is 0 Å². The van der Waals surface area contributed by atoms with Crippen molar-refractivity contribution < 1.29 is 19.5 Å². The van der Waals surface area contributed by atoms with Gasteiger partial charge in [0, 0.05) is 38.3 Å². The summed E-state index contributed by atoms with van der Waals surface area (Å²) >= 11 is 0. The summed E-state index contributed by atoms with van der Waals surface area (Å²) in [7, 11) is 0. The molecule has 2 N–H and O–H groups in total. The quantitative estimate of drug-likeness (QED) is 0.635. The Labute approximate surface area is 146 Å². The number of carbonyl (C=O) groups is 3. The molecule has 0 aliphatic carbocycles. The highest BCUT2D eigenvalue weighted by atomic mass is 16.4. The normalized spacial score (nSPS) is 24.0. The first-order valence-electron chi connectivity index (χ1n) is 8.68. The first-order chi connectivity index (χ1) is 12.1. The molecule has 1 atom stereocenters. The lowest BCUT2D eigenvalue weighted by Crippen LogP contribution is -2.68. The molecular formula is C18H23N3O4. The van der Waals surface area contributed by atoms with Crippen molar-refractivity contribution in [2.75, 3.05) is 32.7 Å². The molecule has 7 heteroatoms. The Balaban J connectivity index is 2.05. The van der Waals surface area contributed by atoms with Crippen molar-refractivity contribution in [1.82, 2.24) is 15.1 Å². The summed E-state index contributed by atoms with van der Waals surface area (Å²) in [5.41, 5.74) is -1.28. The third-order valence-corrected chi connectivity index (χ3v) is 5.03. The van der Waals surface area contributed by atoms with Gasteiger partial charge in [0.25, 0.3) is 5.91 Å². The number of nitrogens with zero attached hydrogens (tertiary/aromatic N) is 2. The Hall–Kier alpha value is -2.41. The molecule has 1 aromatic rings. The van der Waals surface area contributed by atoms with E-state index < -0.39 is 17.4 Å². The molecule has 2 heterocycles. The summed E-state index contributed by atoms with van der Waals surface area (Å²) in [4.78, 5) is 41.3. The molecule has 1 aromatic carbocycles. The smallest absolute Gasteiger partial charge is 0.408 e. The van der Waals surface area contributed by atoms with Crippen molar-refractivity contribution in [1.29, 1.82) is 0 Å². The Morgan fingerprint density at radius 2 is 1.68 bits per heavy atom. The predicted molar refractivity (Wildman–Crippen MR) is 91.5 cm³/mol. The SMILES string of the molecule is O=C(O)N1CCCCC1(C(=O)c1ccccc1)C(=O)N1CCNCC1. The number of amides is 2. The van der Waals surface area contributed by atoms with E-state index in [1.807, 2.05) is 0 Å². The van der Waals surface area contributed by atoms with E-state index in [0.29, 0.717) is 44.6 Å². The second-order valence-corrected chi connectivity index (χ2v) is 6.49. The lowest BCUT2D eigenvalue weighted by molar-refractivity contribution is -0.142. The third-order valence-electron chi connectivity index (χ3n) is 5.03. The van der Waals surface area contributed by atoms with Crippen LogP contribution in [0.3, 0.4) is 0 Å². The van der Waals surface area contributed by atoms with Gasteiger partial charge in [-0.3, -0.25) is 14.5 Å². The van der Waals surface area contributed by atoms with Crippen molar-refractivity contribution in [3.8, 4) is 0 Å². The minimum absolute atomic E-state index is 0.200. The molecule has 0 saturated carbocycles. The van der Waals surface area contributed by atoms with Gasteiger partial charge in [-0.05, 0) is 19.3 Å². The Morgan fingerprint density at radius 3 is 2.32 bits per heavy atom. The first kappa shape index (κ1) is 17.4. The molecule has 0 aromatic heterocycles. The predicted octanol–water partition coefficient (Wildman–Crippen LogP) is 1.20. The van der Waals surface area contributed by atoms with Crippen LogP contribution in [0.15, 0.2) is 30.3 Å². The number of likely N-dealkylation sites (tertiary alicyclic amines) is 1. The number of hydrogen-bond donors (Lipinski definition) is 2. The Kier molecular flexibility index (Phi) is 5.03. The largest absolute Gasteiger partial charge is 0.465 e. The Morgan fingerprint density at radius 1 is 1.00 bits per heavy atom. The molecule has 0 bridgehead atoms. The van der Waals surface area contributed by atoms with Crippen LogP contribution in [0.1, 0.15) is 29.6 Å². The molecule has 134 valence electrons. The maximum absolute atomic E-state index is 13.4. The van der Waals surface area contributed by atoms with Crippen LogP contribution < -0.4 is 5.32 Å². The van der Waals surface area contributed by atoms with E-state index in [-0.39, 0.29) is 18.9 Å². The highest BCUT2D eigenvalue weighted by Crippen LogP contribution is 2.34. The lowest BCUT2D eigenvalue weighted by Gasteiger charge is -2.46. The van der Waals surface area contributed by atoms with Crippen molar-refractivity contribution in [3.05, 3.63) is 35.9 Å². The fraction of sp³-hybridized carbons (Fsp3) is 0.500. The molecule has 3 rings (SSSR count). The second kappa shape index (κ2) is 7.23. The van der Waals surface area contributed by atoms with Gasteiger partial charge in [-0.15, -0.1) is 0 Å². The number of piperidine rings is 1. The van der Waals surface area contributed by atoms with Crippen LogP contribution in [-0.2, 0) is 4.79 Å². The van der Waals surface area contributed by atoms with E-state index in [1.165, 1.54) is 0 Å². The van der Waals surface area contributed by atoms with Crippen molar-refractivity contribution >= 4 is 17.8 Å². The molecule has 2 saturated heterocycles. The molecule has 0 radical (unpaired) electrons. The number of carbonyl (C=O) groups excluding carboxylic acids is 2. The van der Waals surface area contributed by atoms with Gasteiger partial charge in [-0.25, -0.2) is 4.79 Å². The van der Waals surface area contributed by atoms with Crippen LogP contribution >= 0.6 is 0 Å². The molecule has 0 spiro atoms. The highest BCUT2D eigenvalue weighted by molar-refractivity contribution is 6.19. The van der Waals surface area contributed by atoms with E-state index >= 15 is 0 Å². The average molecular weight is 345 g/mol. The van der Waals surface area contributed by atoms with Gasteiger partial charge in [0.05, 0.1) is 0 Å². The van der Waals surface area contributed by atoms with Gasteiger partial charge in [0.15, 0.2) is 11.3 Å².